The zero-order chi connectivity index (χ0) is 28.0. The van der Waals surface area contributed by atoms with Crippen molar-refractivity contribution >= 4 is 19.8 Å². The summed E-state index contributed by atoms with van der Waals surface area (Å²) in [5.41, 5.74) is 0. The Morgan fingerprint density at radius 3 is 1.78 bits per heavy atom. The lowest BCUT2D eigenvalue weighted by Crippen LogP contribution is -2.37. The molecule has 10 heteroatoms. The molecule has 0 aromatic rings. The van der Waals surface area contributed by atoms with Crippen LogP contribution in [0, 0.1) is 0 Å². The number of likely N-dealkylation sites (N-methyl/N-ethyl adjacent to an activating group) is 1. The van der Waals surface area contributed by atoms with Gasteiger partial charge in [-0.2, -0.15) is 0 Å². The van der Waals surface area contributed by atoms with Crippen LogP contribution in [-0.4, -0.2) is 70.0 Å². The number of esters is 2. The molecule has 0 aliphatic rings. The summed E-state index contributed by atoms with van der Waals surface area (Å²) < 4.78 is 32.8. The van der Waals surface area contributed by atoms with Crippen LogP contribution in [-0.2, 0) is 32.7 Å². The van der Waals surface area contributed by atoms with Crippen molar-refractivity contribution in [3.05, 3.63) is 0 Å². The summed E-state index contributed by atoms with van der Waals surface area (Å²) in [6.45, 7) is 3.78. The summed E-state index contributed by atoms with van der Waals surface area (Å²) in [4.78, 5) is 36.1. The smallest absolute Gasteiger partial charge is 0.306 e. The van der Waals surface area contributed by atoms with Gasteiger partial charge in [0.15, 0.2) is 6.10 Å². The maximum atomic E-state index is 12.1. The average Bonchev–Trinajstić information content (AvgIpc) is 2.80. The number of quaternary nitrogens is 1. The van der Waals surface area contributed by atoms with E-state index in [1.54, 1.807) is 0 Å². The van der Waals surface area contributed by atoms with Crippen LogP contribution in [0.3, 0.4) is 0 Å². The van der Waals surface area contributed by atoms with Gasteiger partial charge in [0, 0.05) is 12.8 Å². The van der Waals surface area contributed by atoms with Crippen LogP contribution in [0.4, 0.5) is 0 Å². The van der Waals surface area contributed by atoms with Gasteiger partial charge in [-0.05, 0) is 12.8 Å². The second-order valence-corrected chi connectivity index (χ2v) is 12.2. The normalized spacial score (nSPS) is 14.2. The fraction of sp³-hybridized carbons (Fsp3) is 0.926. The number of unbranched alkanes of at least 4 members (excludes halogenated alkanes) is 11. The molecular weight excluding hydrogens is 497 g/mol. The van der Waals surface area contributed by atoms with Crippen molar-refractivity contribution in [2.24, 2.45) is 0 Å². The van der Waals surface area contributed by atoms with Crippen LogP contribution < -0.4 is 4.89 Å². The molecule has 9 nitrogen and oxygen atoms in total. The van der Waals surface area contributed by atoms with E-state index < -0.39 is 32.5 Å². The van der Waals surface area contributed by atoms with E-state index in [1.807, 2.05) is 28.1 Å². The molecule has 1 unspecified atom stereocenters. The standard InChI is InChI=1S/C27H54NO8P/c1-6-8-9-10-11-12-13-14-15-16-17-18-20-26(29)33-23-25(36-27(30)19-7-2)24-35-37(31,32)34-22-21-28(3,4)5/h25H,6-24H2,1-5H3/t25-/m1/s1. The zero-order valence-electron chi connectivity index (χ0n) is 24.2. The Morgan fingerprint density at radius 1 is 0.730 bits per heavy atom. The molecule has 0 bridgehead atoms. The summed E-state index contributed by atoms with van der Waals surface area (Å²) in [6.07, 6.45) is 14.5. The van der Waals surface area contributed by atoms with E-state index in [0.717, 1.165) is 19.3 Å². The Morgan fingerprint density at radius 2 is 1.27 bits per heavy atom. The van der Waals surface area contributed by atoms with Crippen molar-refractivity contribution in [2.75, 3.05) is 47.5 Å². The van der Waals surface area contributed by atoms with Crippen molar-refractivity contribution in [2.45, 2.75) is 116 Å². The predicted octanol–water partition coefficient (Wildman–Crippen LogP) is 5.54. The summed E-state index contributed by atoms with van der Waals surface area (Å²) in [5, 5.41) is 0. The van der Waals surface area contributed by atoms with E-state index in [-0.39, 0.29) is 26.1 Å². The lowest BCUT2D eigenvalue weighted by molar-refractivity contribution is -0.870. The van der Waals surface area contributed by atoms with Crippen LogP contribution in [0.25, 0.3) is 0 Å². The molecule has 0 aromatic carbocycles. The number of ether oxygens (including phenoxy) is 2. The molecule has 0 saturated heterocycles. The summed E-state index contributed by atoms with van der Waals surface area (Å²) in [7, 11) is 1.16. The minimum Gasteiger partial charge on any atom is -0.756 e. The Kier molecular flexibility index (Phi) is 21.3. The van der Waals surface area contributed by atoms with Gasteiger partial charge >= 0.3 is 11.9 Å². The first-order chi connectivity index (χ1) is 17.5. The molecule has 0 aliphatic carbocycles. The number of phosphoric acid groups is 1. The number of carbonyl (C=O) groups is 2. The molecule has 0 N–H and O–H groups in total. The third-order valence-electron chi connectivity index (χ3n) is 5.85. The van der Waals surface area contributed by atoms with Crippen molar-refractivity contribution in [3.63, 3.8) is 0 Å². The van der Waals surface area contributed by atoms with Gasteiger partial charge in [0.05, 0.1) is 27.7 Å². The second-order valence-electron chi connectivity index (χ2n) is 10.8. The first-order valence-corrected chi connectivity index (χ1v) is 15.7. The SMILES string of the molecule is CCCCCCCCCCCCCCC(=O)OC[C@H](COP(=O)([O-])OCC[N+](C)(C)C)OC(=O)CCC. The molecule has 37 heavy (non-hydrogen) atoms. The zero-order valence-corrected chi connectivity index (χ0v) is 25.1. The lowest BCUT2D eigenvalue weighted by Gasteiger charge is -2.28. The Bertz CT molecular complexity index is 638. The fourth-order valence-corrected chi connectivity index (χ4v) is 4.30. The van der Waals surface area contributed by atoms with Crippen molar-refractivity contribution in [3.8, 4) is 0 Å². The highest BCUT2D eigenvalue weighted by atomic mass is 31.2. The predicted molar refractivity (Wildman–Crippen MR) is 144 cm³/mol. The van der Waals surface area contributed by atoms with Crippen molar-refractivity contribution in [1.82, 2.24) is 0 Å². The van der Waals surface area contributed by atoms with Gasteiger partial charge in [0.25, 0.3) is 7.82 Å². The topological polar surface area (TPSA) is 111 Å². The van der Waals surface area contributed by atoms with E-state index in [4.69, 9.17) is 18.5 Å². The van der Waals surface area contributed by atoms with E-state index >= 15 is 0 Å². The monoisotopic (exact) mass is 551 g/mol. The quantitative estimate of drug-likeness (QED) is 0.0629. The highest BCUT2D eigenvalue weighted by molar-refractivity contribution is 7.45. The molecule has 0 radical (unpaired) electrons. The van der Waals surface area contributed by atoms with Crippen LogP contribution in [0.2, 0.25) is 0 Å². The highest BCUT2D eigenvalue weighted by Crippen LogP contribution is 2.38. The number of hydrogen-bond acceptors (Lipinski definition) is 8. The average molecular weight is 552 g/mol. The number of rotatable bonds is 25. The molecule has 0 saturated carbocycles. The van der Waals surface area contributed by atoms with Crippen molar-refractivity contribution in [1.29, 1.82) is 0 Å². The Hall–Kier alpha value is -0.990. The molecule has 0 rings (SSSR count). The van der Waals surface area contributed by atoms with Crippen molar-refractivity contribution < 1.29 is 42.1 Å². The number of phosphoric ester groups is 1. The largest absolute Gasteiger partial charge is 0.756 e. The lowest BCUT2D eigenvalue weighted by atomic mass is 10.0. The van der Waals surface area contributed by atoms with Gasteiger partial charge in [-0.3, -0.25) is 14.2 Å². The molecule has 2 atom stereocenters. The molecule has 0 spiro atoms. The minimum atomic E-state index is -4.57. The maximum absolute atomic E-state index is 12.1. The molecule has 0 amide bonds. The highest BCUT2D eigenvalue weighted by Gasteiger charge is 2.21. The minimum absolute atomic E-state index is 0.0292. The maximum Gasteiger partial charge on any atom is 0.306 e. The molecule has 0 fully saturated rings. The second kappa shape index (κ2) is 21.9. The molecular formula is C27H54NO8P. The van der Waals surface area contributed by atoms with Crippen LogP contribution >= 0.6 is 7.82 Å². The number of nitrogens with zero attached hydrogens (tertiary/aromatic N) is 1. The molecule has 220 valence electrons. The Labute approximate surface area is 225 Å². The van der Waals surface area contributed by atoms with E-state index in [2.05, 4.69) is 6.92 Å². The molecule has 0 heterocycles. The first kappa shape index (κ1) is 36.0. The van der Waals surface area contributed by atoms with E-state index in [0.29, 0.717) is 17.4 Å². The van der Waals surface area contributed by atoms with Gasteiger partial charge in [-0.15, -0.1) is 0 Å². The Balaban J connectivity index is 4.18. The third kappa shape index (κ3) is 25.1. The van der Waals surface area contributed by atoms with Gasteiger partial charge in [0.1, 0.15) is 19.8 Å². The van der Waals surface area contributed by atoms with Gasteiger partial charge in [-0.1, -0.05) is 84.5 Å². The fourth-order valence-electron chi connectivity index (χ4n) is 3.57. The summed E-state index contributed by atoms with van der Waals surface area (Å²) in [5.74, 6) is -0.895. The first-order valence-electron chi connectivity index (χ1n) is 14.2. The summed E-state index contributed by atoms with van der Waals surface area (Å²) in [6, 6.07) is 0. The molecule has 0 aliphatic heterocycles. The number of carbonyl (C=O) groups excluding carboxylic acids is 2. The van der Waals surface area contributed by atoms with Gasteiger partial charge in [0.2, 0.25) is 0 Å². The van der Waals surface area contributed by atoms with Crippen LogP contribution in [0.5, 0.6) is 0 Å². The van der Waals surface area contributed by atoms with Gasteiger partial charge < -0.3 is 27.9 Å². The van der Waals surface area contributed by atoms with Crippen LogP contribution in [0.1, 0.15) is 110 Å². The summed E-state index contributed by atoms with van der Waals surface area (Å²) >= 11 is 0. The van der Waals surface area contributed by atoms with E-state index in [9.17, 15) is 19.0 Å². The van der Waals surface area contributed by atoms with Gasteiger partial charge in [-0.25, -0.2) is 0 Å². The number of hydrogen-bond donors (Lipinski definition) is 0. The third-order valence-corrected chi connectivity index (χ3v) is 6.81. The van der Waals surface area contributed by atoms with E-state index in [1.165, 1.54) is 57.8 Å². The molecule has 0 aromatic heterocycles. The van der Waals surface area contributed by atoms with Crippen LogP contribution in [0.15, 0.2) is 0 Å².